The Morgan fingerprint density at radius 2 is 2.00 bits per heavy atom. The van der Waals surface area contributed by atoms with Crippen LogP contribution in [-0.2, 0) is 0 Å². The lowest BCUT2D eigenvalue weighted by Gasteiger charge is -2.03. The summed E-state index contributed by atoms with van der Waals surface area (Å²) in [6.07, 6.45) is 1.58. The summed E-state index contributed by atoms with van der Waals surface area (Å²) in [7, 11) is 1.37. The molecule has 0 heterocycles. The van der Waals surface area contributed by atoms with Crippen LogP contribution in [0.3, 0.4) is 0 Å². The van der Waals surface area contributed by atoms with E-state index in [1.165, 1.54) is 19.2 Å². The van der Waals surface area contributed by atoms with Gasteiger partial charge in [0.05, 0.1) is 23.7 Å². The summed E-state index contributed by atoms with van der Waals surface area (Å²) in [6.45, 7) is 0. The van der Waals surface area contributed by atoms with Crippen LogP contribution in [-0.4, -0.2) is 12.0 Å². The summed E-state index contributed by atoms with van der Waals surface area (Å²) in [5.41, 5.74) is 1.46. The van der Waals surface area contributed by atoms with Gasteiger partial charge in [0.2, 0.25) is 0 Å². The van der Waals surface area contributed by atoms with Gasteiger partial charge in [-0.05, 0) is 35.4 Å². The Hall–Kier alpha value is -2.84. The predicted molar refractivity (Wildman–Crippen MR) is 84.6 cm³/mol. The fourth-order valence-corrected chi connectivity index (χ4v) is 2.04. The lowest BCUT2D eigenvalue weighted by atomic mass is 10.0. The van der Waals surface area contributed by atoms with Gasteiger partial charge in [-0.1, -0.05) is 29.8 Å². The minimum Gasteiger partial charge on any atom is -0.490 e. The summed E-state index contributed by atoms with van der Waals surface area (Å²) >= 11 is 5.82. The Balaban J connectivity index is 2.46. The molecule has 0 atom stereocenters. The maximum absolute atomic E-state index is 11.0. The molecule has 0 fully saturated rings. The van der Waals surface area contributed by atoms with Crippen LogP contribution >= 0.6 is 11.6 Å². The minimum absolute atomic E-state index is 0.148. The van der Waals surface area contributed by atoms with Gasteiger partial charge in [-0.2, -0.15) is 5.26 Å². The van der Waals surface area contributed by atoms with E-state index in [4.69, 9.17) is 16.3 Å². The molecule has 22 heavy (non-hydrogen) atoms. The van der Waals surface area contributed by atoms with Crippen LogP contribution in [0.4, 0.5) is 5.69 Å². The molecule has 6 heteroatoms. The highest BCUT2D eigenvalue weighted by Crippen LogP contribution is 2.29. The van der Waals surface area contributed by atoms with E-state index < -0.39 is 4.92 Å². The number of nitriles is 1. The molecule has 0 unspecified atom stereocenters. The molecule has 0 saturated carbocycles. The zero-order valence-electron chi connectivity index (χ0n) is 11.6. The van der Waals surface area contributed by atoms with E-state index in [9.17, 15) is 15.4 Å². The zero-order valence-corrected chi connectivity index (χ0v) is 12.4. The minimum atomic E-state index is -0.523. The molecule has 2 aromatic rings. The van der Waals surface area contributed by atoms with Crippen molar-refractivity contribution in [1.29, 1.82) is 5.26 Å². The first-order chi connectivity index (χ1) is 10.5. The third kappa shape index (κ3) is 3.43. The van der Waals surface area contributed by atoms with Crippen molar-refractivity contribution in [1.82, 2.24) is 0 Å². The molecule has 0 aliphatic carbocycles. The number of hydrogen-bond acceptors (Lipinski definition) is 4. The van der Waals surface area contributed by atoms with Crippen LogP contribution in [0.2, 0.25) is 5.02 Å². The van der Waals surface area contributed by atoms with E-state index in [1.807, 2.05) is 0 Å². The van der Waals surface area contributed by atoms with E-state index >= 15 is 0 Å². The number of benzene rings is 2. The van der Waals surface area contributed by atoms with E-state index in [2.05, 4.69) is 6.07 Å². The van der Waals surface area contributed by atoms with Crippen molar-refractivity contribution in [3.05, 3.63) is 68.7 Å². The topological polar surface area (TPSA) is 76.2 Å². The van der Waals surface area contributed by atoms with Crippen molar-refractivity contribution in [3.63, 3.8) is 0 Å². The van der Waals surface area contributed by atoms with Crippen LogP contribution in [0.1, 0.15) is 11.1 Å². The molecule has 2 rings (SSSR count). The fraction of sp³-hybridized carbons (Fsp3) is 0.0625. The molecule has 0 aliphatic rings. The average molecular weight is 315 g/mol. The second kappa shape index (κ2) is 6.74. The number of rotatable bonds is 4. The molecular weight excluding hydrogens is 304 g/mol. The summed E-state index contributed by atoms with van der Waals surface area (Å²) in [5.74, 6) is 0.173. The van der Waals surface area contributed by atoms with Gasteiger partial charge in [0, 0.05) is 11.1 Å². The van der Waals surface area contributed by atoms with Gasteiger partial charge in [-0.3, -0.25) is 10.1 Å². The lowest BCUT2D eigenvalue weighted by Crippen LogP contribution is -1.94. The number of hydrogen-bond donors (Lipinski definition) is 0. The van der Waals surface area contributed by atoms with Gasteiger partial charge in [-0.15, -0.1) is 0 Å². The molecule has 110 valence electrons. The first-order valence-corrected chi connectivity index (χ1v) is 6.63. The Morgan fingerprint density at radius 1 is 1.32 bits per heavy atom. The van der Waals surface area contributed by atoms with Crippen molar-refractivity contribution in [2.24, 2.45) is 0 Å². The number of allylic oxidation sites excluding steroid dienone is 1. The third-order valence-corrected chi connectivity index (χ3v) is 3.24. The average Bonchev–Trinajstić information content (AvgIpc) is 2.53. The first kappa shape index (κ1) is 15.5. The molecule has 0 amide bonds. The smallest absolute Gasteiger partial charge is 0.311 e. The van der Waals surface area contributed by atoms with Crippen molar-refractivity contribution >= 4 is 28.9 Å². The van der Waals surface area contributed by atoms with Crippen LogP contribution in [0.25, 0.3) is 11.6 Å². The summed E-state index contributed by atoms with van der Waals surface area (Å²) in [5, 5.41) is 20.9. The normalized spacial score (nSPS) is 10.9. The van der Waals surface area contributed by atoms with Gasteiger partial charge >= 0.3 is 5.69 Å². The molecular formula is C16H11ClN2O3. The summed E-state index contributed by atoms with van der Waals surface area (Å²) in [4.78, 5) is 10.5. The molecule has 0 aromatic heterocycles. The number of methoxy groups -OCH3 is 1. The highest BCUT2D eigenvalue weighted by atomic mass is 35.5. The SMILES string of the molecule is COc1ccc(/C=C(/C#N)c2ccc(Cl)cc2)cc1[N+](=O)[O-]. The Bertz CT molecular complexity index is 777. The number of nitro groups is 1. The van der Waals surface area contributed by atoms with Crippen LogP contribution in [0, 0.1) is 21.4 Å². The molecule has 0 N–H and O–H groups in total. The van der Waals surface area contributed by atoms with Crippen LogP contribution in [0.5, 0.6) is 5.75 Å². The largest absolute Gasteiger partial charge is 0.490 e. The third-order valence-electron chi connectivity index (χ3n) is 2.99. The van der Waals surface area contributed by atoms with Gasteiger partial charge in [0.15, 0.2) is 5.75 Å². The Labute approximate surface area is 132 Å². The van der Waals surface area contributed by atoms with Crippen LogP contribution in [0.15, 0.2) is 42.5 Å². The van der Waals surface area contributed by atoms with Gasteiger partial charge in [0.25, 0.3) is 0 Å². The van der Waals surface area contributed by atoms with Crippen LogP contribution < -0.4 is 4.74 Å². The Kier molecular flexibility index (Phi) is 4.77. The molecule has 0 saturated heterocycles. The number of ether oxygens (including phenoxy) is 1. The van der Waals surface area contributed by atoms with Crippen molar-refractivity contribution in [3.8, 4) is 11.8 Å². The summed E-state index contributed by atoms with van der Waals surface area (Å²) in [6, 6.07) is 13.4. The molecule has 5 nitrogen and oxygen atoms in total. The predicted octanol–water partition coefficient (Wildman–Crippen LogP) is 4.32. The van der Waals surface area contributed by atoms with Crippen molar-refractivity contribution in [2.45, 2.75) is 0 Å². The Morgan fingerprint density at radius 3 is 2.55 bits per heavy atom. The maximum Gasteiger partial charge on any atom is 0.311 e. The fourth-order valence-electron chi connectivity index (χ4n) is 1.92. The maximum atomic E-state index is 11.0. The van der Waals surface area contributed by atoms with Gasteiger partial charge < -0.3 is 4.74 Å². The molecule has 0 aliphatic heterocycles. The molecule has 0 bridgehead atoms. The quantitative estimate of drug-likeness (QED) is 0.364. The van der Waals surface area contributed by atoms with E-state index in [0.717, 1.165) is 0 Å². The number of halogens is 1. The number of nitro benzene ring substituents is 1. The van der Waals surface area contributed by atoms with E-state index in [-0.39, 0.29) is 11.4 Å². The lowest BCUT2D eigenvalue weighted by molar-refractivity contribution is -0.385. The standard InChI is InChI=1S/C16H11ClN2O3/c1-22-16-7-2-11(9-15(16)19(20)21)8-13(10-18)12-3-5-14(17)6-4-12/h2-9H,1H3/b13-8-. The molecule has 0 spiro atoms. The van der Waals surface area contributed by atoms with E-state index in [1.54, 1.807) is 36.4 Å². The first-order valence-electron chi connectivity index (χ1n) is 6.25. The number of nitrogens with zero attached hydrogens (tertiary/aromatic N) is 2. The van der Waals surface area contributed by atoms with Crippen molar-refractivity contribution < 1.29 is 9.66 Å². The second-order valence-electron chi connectivity index (χ2n) is 4.37. The van der Waals surface area contributed by atoms with E-state index in [0.29, 0.717) is 21.7 Å². The van der Waals surface area contributed by atoms with Gasteiger partial charge in [0.1, 0.15) is 0 Å². The van der Waals surface area contributed by atoms with Gasteiger partial charge in [-0.25, -0.2) is 0 Å². The molecule has 2 aromatic carbocycles. The second-order valence-corrected chi connectivity index (χ2v) is 4.80. The molecule has 0 radical (unpaired) electrons. The monoisotopic (exact) mass is 314 g/mol. The summed E-state index contributed by atoms with van der Waals surface area (Å²) < 4.78 is 4.95. The zero-order chi connectivity index (χ0) is 16.1. The van der Waals surface area contributed by atoms with Crippen molar-refractivity contribution in [2.75, 3.05) is 7.11 Å². The highest BCUT2D eigenvalue weighted by Gasteiger charge is 2.14. The highest BCUT2D eigenvalue weighted by molar-refractivity contribution is 6.30.